The fraction of sp³-hybridized carbons (Fsp3) is 0.318. The Labute approximate surface area is 179 Å². The molecule has 3 rings (SSSR count). The van der Waals surface area contributed by atoms with Crippen molar-refractivity contribution in [2.75, 3.05) is 26.4 Å². The van der Waals surface area contributed by atoms with Crippen molar-refractivity contribution in [1.82, 2.24) is 15.1 Å². The summed E-state index contributed by atoms with van der Waals surface area (Å²) in [6, 6.07) is 12.8. The third-order valence-corrected chi connectivity index (χ3v) is 5.15. The van der Waals surface area contributed by atoms with Crippen LogP contribution >= 0.6 is 11.6 Å². The summed E-state index contributed by atoms with van der Waals surface area (Å²) in [5.74, 6) is 2.21. The van der Waals surface area contributed by atoms with Crippen LogP contribution in [0.1, 0.15) is 12.5 Å². The highest BCUT2D eigenvalue weighted by molar-refractivity contribution is 6.30. The second-order valence-corrected chi connectivity index (χ2v) is 7.46. The van der Waals surface area contributed by atoms with E-state index < -0.39 is 6.04 Å². The number of halogens is 2. The lowest BCUT2D eigenvalue weighted by Crippen LogP contribution is -2.56. The molecule has 8 heteroatoms. The Kier molecular flexibility index (Phi) is 7.46. The Balaban J connectivity index is 1.73. The summed E-state index contributed by atoms with van der Waals surface area (Å²) in [7, 11) is 0. The van der Waals surface area contributed by atoms with E-state index in [1.165, 1.54) is 19.1 Å². The fourth-order valence-corrected chi connectivity index (χ4v) is 3.45. The van der Waals surface area contributed by atoms with Crippen molar-refractivity contribution in [2.24, 2.45) is 0 Å². The van der Waals surface area contributed by atoms with E-state index in [-0.39, 0.29) is 25.0 Å². The summed E-state index contributed by atoms with van der Waals surface area (Å²) >= 11 is 5.90. The van der Waals surface area contributed by atoms with Gasteiger partial charge in [-0.3, -0.25) is 9.69 Å². The number of benzene rings is 2. The second-order valence-electron chi connectivity index (χ2n) is 7.03. The number of carbonyl (C=O) groups excluding carboxylic acids is 2. The zero-order chi connectivity index (χ0) is 21.5. The van der Waals surface area contributed by atoms with E-state index in [1.807, 2.05) is 15.7 Å². The number of amides is 1. The highest BCUT2D eigenvalue weighted by atomic mass is 35.5. The minimum Gasteiger partial charge on any atom is -0.478 e. The van der Waals surface area contributed by atoms with Gasteiger partial charge in [0.15, 0.2) is 0 Å². The third kappa shape index (κ3) is 5.83. The van der Waals surface area contributed by atoms with Crippen LogP contribution in [0.3, 0.4) is 0 Å². The van der Waals surface area contributed by atoms with Crippen molar-refractivity contribution in [3.05, 3.63) is 70.6 Å². The summed E-state index contributed by atoms with van der Waals surface area (Å²) < 4.78 is 19.0. The first kappa shape index (κ1) is 21.8. The number of nitrogens with zero attached hydrogens (tertiary/aromatic N) is 2. The van der Waals surface area contributed by atoms with Gasteiger partial charge < -0.3 is 15.0 Å². The number of ether oxygens (including phenoxy) is 1. The lowest BCUT2D eigenvalue weighted by atomic mass is 10.1. The van der Waals surface area contributed by atoms with E-state index in [4.69, 9.17) is 16.3 Å². The second kappa shape index (κ2) is 10.3. The molecule has 6 nitrogen and oxygen atoms in total. The molecule has 1 N–H and O–H groups in total. The highest BCUT2D eigenvalue weighted by Crippen LogP contribution is 2.23. The predicted octanol–water partition coefficient (Wildman–Crippen LogP) is 2.85. The van der Waals surface area contributed by atoms with Gasteiger partial charge >= 0.3 is 0 Å². The lowest BCUT2D eigenvalue weighted by Gasteiger charge is -2.42. The van der Waals surface area contributed by atoms with Crippen LogP contribution in [0, 0.1) is 5.82 Å². The van der Waals surface area contributed by atoms with Crippen LogP contribution in [-0.2, 0) is 16.1 Å². The van der Waals surface area contributed by atoms with E-state index in [9.17, 15) is 14.0 Å². The van der Waals surface area contributed by atoms with Gasteiger partial charge in [-0.1, -0.05) is 23.7 Å². The molecule has 158 valence electrons. The molecule has 0 aromatic heterocycles. The molecule has 1 amide bonds. The van der Waals surface area contributed by atoms with E-state index in [1.54, 1.807) is 36.4 Å². The van der Waals surface area contributed by atoms with Gasteiger partial charge in [-0.05, 0) is 42.0 Å². The van der Waals surface area contributed by atoms with E-state index >= 15 is 0 Å². The molecule has 0 aliphatic carbocycles. The number of rotatable bonds is 7. The highest BCUT2D eigenvalue weighted by Gasteiger charge is 2.33. The Morgan fingerprint density at radius 3 is 2.53 bits per heavy atom. The lowest BCUT2D eigenvalue weighted by molar-refractivity contribution is -0.119. The van der Waals surface area contributed by atoms with Gasteiger partial charge in [-0.15, -0.1) is 0 Å². The monoisotopic (exact) mass is 431 g/mol. The number of nitrogens with one attached hydrogen (secondary N) is 1. The molecule has 1 heterocycles. The molecule has 1 saturated heterocycles. The molecule has 2 aromatic rings. The van der Waals surface area contributed by atoms with Gasteiger partial charge in [0.2, 0.25) is 5.91 Å². The summed E-state index contributed by atoms with van der Waals surface area (Å²) in [5.41, 5.74) is 1.31. The summed E-state index contributed by atoms with van der Waals surface area (Å²) in [6.45, 7) is 3.56. The summed E-state index contributed by atoms with van der Waals surface area (Å²) in [6.07, 6.45) is 0. The maximum absolute atomic E-state index is 13.2. The molecule has 1 atom stereocenters. The average Bonchev–Trinajstić information content (AvgIpc) is 2.74. The van der Waals surface area contributed by atoms with Gasteiger partial charge in [-0.2, -0.15) is 0 Å². The van der Waals surface area contributed by atoms with E-state index in [0.29, 0.717) is 36.1 Å². The minimum atomic E-state index is -0.395. The van der Waals surface area contributed by atoms with Crippen molar-refractivity contribution in [1.29, 1.82) is 0 Å². The standard InChI is InChI=1S/C22H23ClFN3O3/c1-16(29)25-12-21-22(14-28)26(13-17-2-6-19(24)7-3-17)10-11-27(21)15-30-20-8-4-18(23)5-9-20/h2-9,21H,10-13,15H2,1H3,(H,25,29). The van der Waals surface area contributed by atoms with E-state index in [2.05, 4.69) is 5.32 Å². The number of hydrogen-bond donors (Lipinski definition) is 1. The van der Waals surface area contributed by atoms with Gasteiger partial charge in [0.1, 0.15) is 29.9 Å². The molecular weight excluding hydrogens is 409 g/mol. The molecule has 1 fully saturated rings. The van der Waals surface area contributed by atoms with Gasteiger partial charge in [0.25, 0.3) is 0 Å². The third-order valence-electron chi connectivity index (χ3n) is 4.90. The van der Waals surface area contributed by atoms with Crippen molar-refractivity contribution in [2.45, 2.75) is 19.5 Å². The van der Waals surface area contributed by atoms with E-state index in [0.717, 1.165) is 5.56 Å². The molecule has 30 heavy (non-hydrogen) atoms. The smallest absolute Gasteiger partial charge is 0.216 e. The summed E-state index contributed by atoms with van der Waals surface area (Å²) in [5, 5.41) is 3.39. The molecular formula is C22H23ClFN3O3. The topological polar surface area (TPSA) is 61.9 Å². The first-order valence-corrected chi connectivity index (χ1v) is 9.95. The molecule has 1 unspecified atom stereocenters. The van der Waals surface area contributed by atoms with Crippen LogP contribution in [0.2, 0.25) is 5.02 Å². The van der Waals surface area contributed by atoms with Crippen molar-refractivity contribution >= 4 is 23.4 Å². The minimum absolute atomic E-state index is 0.186. The van der Waals surface area contributed by atoms with Crippen molar-refractivity contribution < 1.29 is 18.7 Å². The molecule has 0 radical (unpaired) electrons. The first-order valence-electron chi connectivity index (χ1n) is 9.57. The van der Waals surface area contributed by atoms with Crippen LogP contribution in [0.15, 0.2) is 54.2 Å². The Morgan fingerprint density at radius 1 is 1.20 bits per heavy atom. The van der Waals surface area contributed by atoms with Crippen molar-refractivity contribution in [3.8, 4) is 5.75 Å². The maximum atomic E-state index is 13.2. The molecule has 0 bridgehead atoms. The Bertz CT molecular complexity index is 914. The van der Waals surface area contributed by atoms with Gasteiger partial charge in [-0.25, -0.2) is 9.18 Å². The van der Waals surface area contributed by atoms with Crippen LogP contribution in [-0.4, -0.2) is 54.1 Å². The Hall–Kier alpha value is -2.86. The van der Waals surface area contributed by atoms with Gasteiger partial charge in [0, 0.05) is 38.1 Å². The van der Waals surface area contributed by atoms with Crippen molar-refractivity contribution in [3.63, 3.8) is 0 Å². The number of hydrogen-bond acceptors (Lipinski definition) is 5. The molecule has 0 saturated carbocycles. The maximum Gasteiger partial charge on any atom is 0.216 e. The van der Waals surface area contributed by atoms with Crippen LogP contribution in [0.25, 0.3) is 0 Å². The van der Waals surface area contributed by atoms with Crippen LogP contribution in [0.5, 0.6) is 5.75 Å². The normalized spacial score (nSPS) is 16.8. The van der Waals surface area contributed by atoms with Crippen LogP contribution < -0.4 is 10.1 Å². The molecule has 2 aromatic carbocycles. The quantitative estimate of drug-likeness (QED) is 0.683. The Morgan fingerprint density at radius 2 is 1.90 bits per heavy atom. The number of piperazine rings is 1. The molecule has 0 spiro atoms. The SMILES string of the molecule is CC(=O)NCC1C(=C=O)N(Cc2ccc(F)cc2)CCN1COc1ccc(Cl)cc1. The molecule has 1 aliphatic heterocycles. The molecule has 1 aliphatic rings. The fourth-order valence-electron chi connectivity index (χ4n) is 3.33. The summed E-state index contributed by atoms with van der Waals surface area (Å²) in [4.78, 5) is 27.2. The average molecular weight is 432 g/mol. The zero-order valence-electron chi connectivity index (χ0n) is 16.6. The first-order chi connectivity index (χ1) is 14.5. The van der Waals surface area contributed by atoms with Gasteiger partial charge in [0.05, 0.1) is 6.04 Å². The van der Waals surface area contributed by atoms with Crippen LogP contribution in [0.4, 0.5) is 4.39 Å². The largest absolute Gasteiger partial charge is 0.478 e. The predicted molar refractivity (Wildman–Crippen MR) is 112 cm³/mol. The zero-order valence-corrected chi connectivity index (χ0v) is 17.4. The number of carbonyl (C=O) groups is 1.